The Kier molecular flexibility index (Phi) is 6.84. The standard InChI is InChI=1S/2C10H5ClN2O4/c2*11-10-7-4-2-1-3-6(7)8(12(14)15)5-9(10)13(16)17/h2*1-5H. The van der Waals surface area contributed by atoms with Crippen LogP contribution >= 0.6 is 23.2 Å². The minimum absolute atomic E-state index is 0.0869. The SMILES string of the molecule is O=[N+]([O-])c1cc([N+](=O)[O-])c2ccccc2c1Cl.O=[N+]([O-])c1cc([N+](=O)[O-])c2ccccc2c1Cl. The van der Waals surface area contributed by atoms with Crippen LogP contribution in [0.2, 0.25) is 10.0 Å². The first kappa shape index (κ1) is 24.2. The largest absolute Gasteiger partial charge is 0.295 e. The summed E-state index contributed by atoms with van der Waals surface area (Å²) in [5.41, 5.74) is -1.57. The molecule has 0 atom stereocenters. The molecule has 0 saturated heterocycles. The van der Waals surface area contributed by atoms with Gasteiger partial charge in [-0.1, -0.05) is 59.6 Å². The average Bonchev–Trinajstić information content (AvgIpc) is 2.79. The van der Waals surface area contributed by atoms with Gasteiger partial charge in [0.05, 0.1) is 42.6 Å². The maximum atomic E-state index is 10.8. The zero-order valence-corrected chi connectivity index (χ0v) is 18.1. The van der Waals surface area contributed by atoms with Crippen molar-refractivity contribution in [1.82, 2.24) is 0 Å². The highest BCUT2D eigenvalue weighted by Crippen LogP contribution is 2.39. The third-order valence-corrected chi connectivity index (χ3v) is 5.46. The highest BCUT2D eigenvalue weighted by atomic mass is 35.5. The van der Waals surface area contributed by atoms with Crippen LogP contribution in [0.5, 0.6) is 0 Å². The second-order valence-electron chi connectivity index (χ2n) is 6.58. The molecule has 4 aromatic rings. The number of fused-ring (bicyclic) bond motifs is 2. The predicted octanol–water partition coefficient (Wildman–Crippen LogP) is 6.62. The zero-order chi connectivity index (χ0) is 25.2. The maximum absolute atomic E-state index is 10.8. The van der Waals surface area contributed by atoms with Gasteiger partial charge in [0.15, 0.2) is 0 Å². The molecular weight excluding hydrogens is 495 g/mol. The molecule has 0 aliphatic rings. The summed E-state index contributed by atoms with van der Waals surface area (Å²) < 4.78 is 0. The Balaban J connectivity index is 0.000000191. The van der Waals surface area contributed by atoms with E-state index in [0.717, 1.165) is 12.1 Å². The topological polar surface area (TPSA) is 173 Å². The Labute approximate surface area is 198 Å². The number of rotatable bonds is 4. The van der Waals surface area contributed by atoms with Crippen LogP contribution in [-0.2, 0) is 0 Å². The van der Waals surface area contributed by atoms with Crippen LogP contribution in [0.3, 0.4) is 0 Å². The Hall–Kier alpha value is -4.42. The number of hydrogen-bond acceptors (Lipinski definition) is 8. The lowest BCUT2D eigenvalue weighted by molar-refractivity contribution is -0.393. The van der Waals surface area contributed by atoms with Gasteiger partial charge in [0.1, 0.15) is 10.0 Å². The number of benzene rings is 4. The quantitative estimate of drug-likeness (QED) is 0.220. The van der Waals surface area contributed by atoms with E-state index in [1.165, 1.54) is 24.3 Å². The number of hydrogen-bond donors (Lipinski definition) is 0. The normalized spacial score (nSPS) is 10.4. The van der Waals surface area contributed by atoms with Gasteiger partial charge in [-0.2, -0.15) is 0 Å². The highest BCUT2D eigenvalue weighted by molar-refractivity contribution is 6.38. The summed E-state index contributed by atoms with van der Waals surface area (Å²) in [4.78, 5) is 40.4. The smallest absolute Gasteiger partial charge is 0.258 e. The molecule has 0 fully saturated rings. The van der Waals surface area contributed by atoms with E-state index in [1.54, 1.807) is 24.3 Å². The minimum Gasteiger partial charge on any atom is -0.258 e. The fourth-order valence-corrected chi connectivity index (χ4v) is 3.76. The van der Waals surface area contributed by atoms with Crippen LogP contribution in [0.25, 0.3) is 21.5 Å². The predicted molar refractivity (Wildman–Crippen MR) is 125 cm³/mol. The fourth-order valence-electron chi connectivity index (χ4n) is 3.18. The Bertz CT molecular complexity index is 1400. The monoisotopic (exact) mass is 504 g/mol. The zero-order valence-electron chi connectivity index (χ0n) is 16.6. The Morgan fingerprint density at radius 3 is 1.00 bits per heavy atom. The van der Waals surface area contributed by atoms with Crippen LogP contribution in [0.4, 0.5) is 22.7 Å². The van der Waals surface area contributed by atoms with Gasteiger partial charge < -0.3 is 0 Å². The van der Waals surface area contributed by atoms with E-state index in [2.05, 4.69) is 0 Å². The lowest BCUT2D eigenvalue weighted by Crippen LogP contribution is -1.95. The summed E-state index contributed by atoms with van der Waals surface area (Å²) >= 11 is 11.7. The molecule has 0 saturated carbocycles. The molecule has 12 nitrogen and oxygen atoms in total. The first-order valence-corrected chi connectivity index (χ1v) is 9.80. The summed E-state index contributed by atoms with van der Waals surface area (Å²) in [6.45, 7) is 0. The van der Waals surface area contributed by atoms with E-state index in [-0.39, 0.29) is 32.2 Å². The van der Waals surface area contributed by atoms with Gasteiger partial charge in [0.2, 0.25) is 0 Å². The van der Waals surface area contributed by atoms with Gasteiger partial charge in [-0.05, 0) is 12.1 Å². The minimum atomic E-state index is -0.734. The van der Waals surface area contributed by atoms with Crippen molar-refractivity contribution in [3.05, 3.63) is 111 Å². The van der Waals surface area contributed by atoms with Gasteiger partial charge in [-0.15, -0.1) is 0 Å². The molecule has 0 amide bonds. The fraction of sp³-hybridized carbons (Fsp3) is 0. The van der Waals surface area contributed by atoms with Gasteiger partial charge >= 0.3 is 0 Å². The van der Waals surface area contributed by atoms with Crippen molar-refractivity contribution in [2.24, 2.45) is 0 Å². The molecule has 172 valence electrons. The van der Waals surface area contributed by atoms with Crippen molar-refractivity contribution in [2.45, 2.75) is 0 Å². The number of nitrogens with zero attached hydrogens (tertiary/aromatic N) is 4. The first-order chi connectivity index (χ1) is 16.0. The van der Waals surface area contributed by atoms with E-state index < -0.39 is 31.1 Å². The molecule has 14 heteroatoms. The molecule has 0 radical (unpaired) electrons. The summed E-state index contributed by atoms with van der Waals surface area (Å²) in [6.07, 6.45) is 0. The van der Waals surface area contributed by atoms with E-state index in [9.17, 15) is 40.5 Å². The molecule has 0 aliphatic heterocycles. The molecule has 0 aliphatic carbocycles. The lowest BCUT2D eigenvalue weighted by Gasteiger charge is -2.02. The van der Waals surface area contributed by atoms with Crippen LogP contribution < -0.4 is 0 Å². The molecule has 4 rings (SSSR count). The summed E-state index contributed by atoms with van der Waals surface area (Å²) in [6, 6.07) is 14.2. The van der Waals surface area contributed by atoms with Crippen LogP contribution in [0.1, 0.15) is 0 Å². The third-order valence-electron chi connectivity index (χ3n) is 4.66. The third kappa shape index (κ3) is 4.53. The van der Waals surface area contributed by atoms with Crippen LogP contribution in [-0.4, -0.2) is 19.7 Å². The lowest BCUT2D eigenvalue weighted by atomic mass is 10.1. The van der Waals surface area contributed by atoms with Crippen molar-refractivity contribution in [3.8, 4) is 0 Å². The second kappa shape index (κ2) is 9.60. The molecule has 0 N–H and O–H groups in total. The van der Waals surface area contributed by atoms with E-state index in [0.29, 0.717) is 10.8 Å². The van der Waals surface area contributed by atoms with E-state index in [4.69, 9.17) is 23.2 Å². The molecule has 0 aromatic heterocycles. The average molecular weight is 505 g/mol. The molecule has 0 unspecified atom stereocenters. The van der Waals surface area contributed by atoms with Crippen LogP contribution in [0, 0.1) is 40.5 Å². The second-order valence-corrected chi connectivity index (χ2v) is 7.33. The number of halogens is 2. The summed E-state index contributed by atoms with van der Waals surface area (Å²) in [5.74, 6) is 0. The Morgan fingerprint density at radius 2 is 0.735 bits per heavy atom. The van der Waals surface area contributed by atoms with E-state index in [1.807, 2.05) is 0 Å². The van der Waals surface area contributed by atoms with Crippen molar-refractivity contribution >= 4 is 67.5 Å². The van der Waals surface area contributed by atoms with Gasteiger partial charge in [0.25, 0.3) is 22.7 Å². The van der Waals surface area contributed by atoms with E-state index >= 15 is 0 Å². The van der Waals surface area contributed by atoms with Crippen molar-refractivity contribution in [2.75, 3.05) is 0 Å². The molecule has 4 aromatic carbocycles. The summed E-state index contributed by atoms with van der Waals surface area (Å²) in [7, 11) is 0. The first-order valence-electron chi connectivity index (χ1n) is 9.04. The molecular formula is C20H10Cl2N4O8. The van der Waals surface area contributed by atoms with Crippen molar-refractivity contribution in [1.29, 1.82) is 0 Å². The number of non-ortho nitro benzene ring substituents is 2. The van der Waals surface area contributed by atoms with Crippen LogP contribution in [0.15, 0.2) is 60.7 Å². The molecule has 0 heterocycles. The molecule has 0 bridgehead atoms. The Morgan fingerprint density at radius 1 is 0.471 bits per heavy atom. The summed E-state index contributed by atoms with van der Waals surface area (Å²) in [5, 5.41) is 44.2. The van der Waals surface area contributed by atoms with Gasteiger partial charge in [-0.25, -0.2) is 0 Å². The van der Waals surface area contributed by atoms with Crippen molar-refractivity contribution < 1.29 is 19.7 Å². The number of nitro benzene ring substituents is 4. The van der Waals surface area contributed by atoms with Gasteiger partial charge in [0, 0.05) is 10.8 Å². The number of nitro groups is 4. The maximum Gasteiger partial charge on any atom is 0.295 e. The van der Waals surface area contributed by atoms with Crippen molar-refractivity contribution in [3.63, 3.8) is 0 Å². The van der Waals surface area contributed by atoms with Gasteiger partial charge in [-0.3, -0.25) is 40.5 Å². The molecule has 0 spiro atoms. The molecule has 34 heavy (non-hydrogen) atoms. The highest BCUT2D eigenvalue weighted by Gasteiger charge is 2.25.